The molecule has 0 fully saturated rings. The Morgan fingerprint density at radius 1 is 1.06 bits per heavy atom. The number of benzene rings is 2. The van der Waals surface area contributed by atoms with Crippen LogP contribution in [-0.2, 0) is 11.2 Å². The van der Waals surface area contributed by atoms with Crippen LogP contribution >= 0.6 is 0 Å². The third-order valence-corrected chi connectivity index (χ3v) is 5.54. The first kappa shape index (κ1) is 18.9. The Morgan fingerprint density at radius 2 is 1.84 bits per heavy atom. The normalized spacial score (nSPS) is 16.5. The van der Waals surface area contributed by atoms with Crippen LogP contribution in [0.5, 0.6) is 0 Å². The number of para-hydroxylation sites is 1. The Morgan fingerprint density at radius 3 is 2.52 bits per heavy atom. The van der Waals surface area contributed by atoms with Gasteiger partial charge in [-0.05, 0) is 48.4 Å². The first-order valence-corrected chi connectivity index (χ1v) is 10.0. The fraction of sp³-hybridized carbons (Fsp3) is 0.120. The van der Waals surface area contributed by atoms with Gasteiger partial charge in [-0.2, -0.15) is 0 Å². The van der Waals surface area contributed by atoms with Crippen LogP contribution in [0.3, 0.4) is 0 Å². The second-order valence-corrected chi connectivity index (χ2v) is 7.35. The summed E-state index contributed by atoms with van der Waals surface area (Å²) in [5, 5.41) is 11.5. The van der Waals surface area contributed by atoms with Crippen molar-refractivity contribution in [2.24, 2.45) is 0 Å². The summed E-state index contributed by atoms with van der Waals surface area (Å²) < 4.78 is 11.3. The van der Waals surface area contributed by atoms with E-state index in [4.69, 9.17) is 8.83 Å². The number of carbonyl (C=O) groups excluding carboxylic acids is 2. The van der Waals surface area contributed by atoms with E-state index in [0.29, 0.717) is 17.0 Å². The van der Waals surface area contributed by atoms with Crippen molar-refractivity contribution in [3.05, 3.63) is 101 Å². The monoisotopic (exact) mass is 413 g/mol. The summed E-state index contributed by atoms with van der Waals surface area (Å²) in [5.74, 6) is -1.40. The number of aliphatic hydroxyl groups excluding tert-OH is 1. The Kier molecular flexibility index (Phi) is 4.47. The highest BCUT2D eigenvalue weighted by Gasteiger charge is 2.46. The Bertz CT molecular complexity index is 1280. The first-order chi connectivity index (χ1) is 15.1. The zero-order chi connectivity index (χ0) is 21.5. The number of fused-ring (bicyclic) bond motifs is 1. The predicted molar refractivity (Wildman–Crippen MR) is 115 cm³/mol. The fourth-order valence-electron chi connectivity index (χ4n) is 3.94. The Labute approximate surface area is 178 Å². The van der Waals surface area contributed by atoms with Gasteiger partial charge in [0.15, 0.2) is 11.5 Å². The van der Waals surface area contributed by atoms with E-state index >= 15 is 0 Å². The number of furan rings is 2. The summed E-state index contributed by atoms with van der Waals surface area (Å²) in [6.45, 7) is 2.04. The van der Waals surface area contributed by atoms with Crippen molar-refractivity contribution in [2.75, 3.05) is 4.90 Å². The molecule has 1 aliphatic rings. The summed E-state index contributed by atoms with van der Waals surface area (Å²) in [7, 11) is 0. The first-order valence-electron chi connectivity index (χ1n) is 10.0. The molecule has 154 valence electrons. The van der Waals surface area contributed by atoms with Crippen LogP contribution in [0.15, 0.2) is 93.2 Å². The molecular weight excluding hydrogens is 394 g/mol. The molecule has 6 heteroatoms. The topological polar surface area (TPSA) is 83.9 Å². The number of rotatable bonds is 5. The van der Waals surface area contributed by atoms with Gasteiger partial charge in [-0.15, -0.1) is 0 Å². The second kappa shape index (κ2) is 7.32. The Balaban J connectivity index is 1.62. The molecule has 0 bridgehead atoms. The molecule has 1 atom stereocenters. The van der Waals surface area contributed by atoms with Gasteiger partial charge in [-0.1, -0.05) is 37.3 Å². The maximum atomic E-state index is 13.4. The average Bonchev–Trinajstić information content (AvgIpc) is 3.52. The number of hydrogen-bond donors (Lipinski definition) is 1. The summed E-state index contributed by atoms with van der Waals surface area (Å²) in [6, 6.07) is 18.7. The molecule has 3 heterocycles. The van der Waals surface area contributed by atoms with E-state index in [1.54, 1.807) is 36.4 Å². The molecular formula is C25H19NO5. The molecule has 1 unspecified atom stereocenters. The van der Waals surface area contributed by atoms with Gasteiger partial charge in [-0.25, -0.2) is 0 Å². The van der Waals surface area contributed by atoms with E-state index in [2.05, 4.69) is 0 Å². The predicted octanol–water partition coefficient (Wildman–Crippen LogP) is 5.37. The Hall–Kier alpha value is -4.06. The average molecular weight is 413 g/mol. The highest BCUT2D eigenvalue weighted by Crippen LogP contribution is 2.42. The zero-order valence-electron chi connectivity index (χ0n) is 16.7. The van der Waals surface area contributed by atoms with Crippen LogP contribution in [0.1, 0.15) is 34.8 Å². The highest BCUT2D eigenvalue weighted by atomic mass is 16.3. The van der Waals surface area contributed by atoms with Crippen LogP contribution in [0.2, 0.25) is 0 Å². The lowest BCUT2D eigenvalue weighted by Gasteiger charge is -2.25. The summed E-state index contributed by atoms with van der Waals surface area (Å²) in [6.07, 6.45) is 2.33. The van der Waals surface area contributed by atoms with Gasteiger partial charge in [0.2, 0.25) is 5.78 Å². The third-order valence-electron chi connectivity index (χ3n) is 5.54. The minimum Gasteiger partial charge on any atom is -0.503 e. The number of nitrogens with zero attached hydrogens (tertiary/aromatic N) is 1. The molecule has 6 nitrogen and oxygen atoms in total. The van der Waals surface area contributed by atoms with Gasteiger partial charge in [0.1, 0.15) is 17.4 Å². The van der Waals surface area contributed by atoms with E-state index in [1.165, 1.54) is 11.2 Å². The van der Waals surface area contributed by atoms with Crippen LogP contribution < -0.4 is 4.90 Å². The number of aryl methyl sites for hydroxylation is 1. The molecule has 2 aromatic heterocycles. The van der Waals surface area contributed by atoms with Crippen molar-refractivity contribution in [3.63, 3.8) is 0 Å². The minimum absolute atomic E-state index is 0.0512. The van der Waals surface area contributed by atoms with Crippen molar-refractivity contribution in [2.45, 2.75) is 19.4 Å². The van der Waals surface area contributed by atoms with Gasteiger partial charge in [0.25, 0.3) is 5.91 Å². The molecule has 0 aliphatic carbocycles. The molecule has 5 rings (SSSR count). The lowest BCUT2D eigenvalue weighted by molar-refractivity contribution is -0.117. The summed E-state index contributed by atoms with van der Waals surface area (Å²) >= 11 is 0. The number of ketones is 1. The standard InChI is InChI=1S/C25H19NO5/c1-2-15-9-11-17(12-10-15)26-22(19-8-5-13-30-19)21(24(28)25(26)29)23(27)20-14-16-6-3-4-7-18(16)31-20/h3-14,22,28H,2H2,1H3. The maximum Gasteiger partial charge on any atom is 0.294 e. The molecule has 1 N–H and O–H groups in total. The smallest absolute Gasteiger partial charge is 0.294 e. The van der Waals surface area contributed by atoms with Crippen LogP contribution in [0.25, 0.3) is 11.0 Å². The van der Waals surface area contributed by atoms with Crippen LogP contribution in [0, 0.1) is 0 Å². The molecule has 0 spiro atoms. The van der Waals surface area contributed by atoms with Crippen molar-refractivity contribution in [1.29, 1.82) is 0 Å². The molecule has 1 aliphatic heterocycles. The van der Waals surface area contributed by atoms with Crippen molar-refractivity contribution in [1.82, 2.24) is 0 Å². The van der Waals surface area contributed by atoms with Gasteiger partial charge in [-0.3, -0.25) is 14.5 Å². The number of aliphatic hydroxyl groups is 1. The highest BCUT2D eigenvalue weighted by molar-refractivity contribution is 6.20. The molecule has 4 aromatic rings. The SMILES string of the molecule is CCc1ccc(N2C(=O)C(O)=C(C(=O)c3cc4ccccc4o3)C2c2ccco2)cc1. The summed E-state index contributed by atoms with van der Waals surface area (Å²) in [4.78, 5) is 27.9. The van der Waals surface area contributed by atoms with Gasteiger partial charge in [0.05, 0.1) is 11.8 Å². The van der Waals surface area contributed by atoms with Gasteiger partial charge < -0.3 is 13.9 Å². The number of hydrogen-bond acceptors (Lipinski definition) is 5. The van der Waals surface area contributed by atoms with E-state index in [9.17, 15) is 14.7 Å². The van der Waals surface area contributed by atoms with Crippen molar-refractivity contribution < 1.29 is 23.5 Å². The molecule has 0 saturated heterocycles. The quantitative estimate of drug-likeness (QED) is 0.445. The van der Waals surface area contributed by atoms with Gasteiger partial charge >= 0.3 is 0 Å². The van der Waals surface area contributed by atoms with Crippen LogP contribution in [-0.4, -0.2) is 16.8 Å². The number of amides is 1. The lowest BCUT2D eigenvalue weighted by Crippen LogP contribution is -2.30. The molecule has 2 aromatic carbocycles. The van der Waals surface area contributed by atoms with E-state index in [1.807, 2.05) is 37.3 Å². The molecule has 0 saturated carbocycles. The maximum absolute atomic E-state index is 13.4. The molecule has 1 amide bonds. The minimum atomic E-state index is -0.907. The zero-order valence-corrected chi connectivity index (χ0v) is 16.7. The van der Waals surface area contributed by atoms with E-state index < -0.39 is 23.5 Å². The van der Waals surface area contributed by atoms with Crippen LogP contribution in [0.4, 0.5) is 5.69 Å². The third kappa shape index (κ3) is 3.04. The number of anilines is 1. The van der Waals surface area contributed by atoms with Crippen molar-refractivity contribution in [3.8, 4) is 0 Å². The van der Waals surface area contributed by atoms with Gasteiger partial charge in [0, 0.05) is 11.1 Å². The lowest BCUT2D eigenvalue weighted by atomic mass is 9.99. The van der Waals surface area contributed by atoms with E-state index in [-0.39, 0.29) is 11.3 Å². The second-order valence-electron chi connectivity index (χ2n) is 7.35. The number of carbonyl (C=O) groups is 2. The number of Topliss-reactive ketones (excluding diaryl/α,β-unsaturated/α-hetero) is 1. The largest absolute Gasteiger partial charge is 0.503 e. The molecule has 0 radical (unpaired) electrons. The fourth-order valence-corrected chi connectivity index (χ4v) is 3.94. The van der Waals surface area contributed by atoms with E-state index in [0.717, 1.165) is 17.4 Å². The molecule has 31 heavy (non-hydrogen) atoms. The summed E-state index contributed by atoms with van der Waals surface area (Å²) in [5.41, 5.74) is 2.15. The van der Waals surface area contributed by atoms with Crippen molar-refractivity contribution >= 4 is 28.3 Å².